The molecule has 8 heteroatoms. The lowest BCUT2D eigenvalue weighted by atomic mass is 9.61. The Kier molecular flexibility index (Phi) is 3.75. The summed E-state index contributed by atoms with van der Waals surface area (Å²) in [6, 6.07) is 0.00772. The van der Waals surface area contributed by atoms with E-state index in [-0.39, 0.29) is 23.8 Å². The molecule has 0 unspecified atom stereocenters. The van der Waals surface area contributed by atoms with Crippen molar-refractivity contribution < 1.29 is 19.2 Å². The third-order valence-electron chi connectivity index (χ3n) is 7.03. The van der Waals surface area contributed by atoms with Gasteiger partial charge < -0.3 is 9.80 Å². The average Bonchev–Trinajstić information content (AvgIpc) is 2.88. The first-order valence-corrected chi connectivity index (χ1v) is 10.5. The number of hydrogen-bond acceptors (Lipinski definition) is 5. The Morgan fingerprint density at radius 2 is 1.50 bits per heavy atom. The molecule has 26 heavy (non-hydrogen) atoms. The zero-order valence-corrected chi connectivity index (χ0v) is 16.5. The molecule has 142 valence electrons. The van der Waals surface area contributed by atoms with Crippen molar-refractivity contribution in [2.75, 3.05) is 20.4 Å². The summed E-state index contributed by atoms with van der Waals surface area (Å²) < 4.78 is 0. The summed E-state index contributed by atoms with van der Waals surface area (Å²) in [5.74, 6) is -2.92. The SMILES string of the molecule is CS[C@]12[C@@H]3C(=O)N(C)C(=O)[C@@H]3[C@](C)(C(=O)N1C)C(=O)N2C1CCCCC1. The van der Waals surface area contributed by atoms with Crippen LogP contribution in [0.3, 0.4) is 0 Å². The van der Waals surface area contributed by atoms with E-state index >= 15 is 0 Å². The molecule has 4 atom stereocenters. The Bertz CT molecular complexity index is 721. The molecular weight excluding hydrogens is 354 g/mol. The highest BCUT2D eigenvalue weighted by Crippen LogP contribution is 2.62. The first-order chi connectivity index (χ1) is 12.2. The number of nitrogens with zero attached hydrogens (tertiary/aromatic N) is 3. The number of thioether (sulfide) groups is 1. The number of amides is 4. The molecule has 4 saturated heterocycles. The second kappa shape index (κ2) is 5.47. The number of carbonyl (C=O) groups is 4. The molecular formula is C18H25N3O4S. The summed E-state index contributed by atoms with van der Waals surface area (Å²) in [6.07, 6.45) is 6.79. The molecule has 5 rings (SSSR count). The predicted octanol–water partition coefficient (Wildman–Crippen LogP) is 0.887. The zero-order valence-electron chi connectivity index (χ0n) is 15.7. The van der Waals surface area contributed by atoms with Crippen molar-refractivity contribution in [3.05, 3.63) is 0 Å². The van der Waals surface area contributed by atoms with Gasteiger partial charge in [0.1, 0.15) is 11.3 Å². The van der Waals surface area contributed by atoms with Crippen LogP contribution in [0.1, 0.15) is 39.0 Å². The van der Waals surface area contributed by atoms with Crippen molar-refractivity contribution in [3.63, 3.8) is 0 Å². The third-order valence-corrected chi connectivity index (χ3v) is 8.36. The van der Waals surface area contributed by atoms with E-state index in [9.17, 15) is 19.2 Å². The van der Waals surface area contributed by atoms with E-state index in [1.165, 1.54) is 18.8 Å². The minimum absolute atomic E-state index is 0.00772. The molecule has 0 aromatic rings. The van der Waals surface area contributed by atoms with Crippen molar-refractivity contribution in [2.45, 2.75) is 50.1 Å². The Morgan fingerprint density at radius 1 is 0.923 bits per heavy atom. The van der Waals surface area contributed by atoms with Crippen molar-refractivity contribution in [3.8, 4) is 0 Å². The van der Waals surface area contributed by atoms with Gasteiger partial charge in [-0.3, -0.25) is 24.1 Å². The van der Waals surface area contributed by atoms with Gasteiger partial charge >= 0.3 is 0 Å². The smallest absolute Gasteiger partial charge is 0.241 e. The van der Waals surface area contributed by atoms with E-state index in [0.717, 1.165) is 37.0 Å². The Morgan fingerprint density at radius 3 is 2.08 bits per heavy atom. The minimum Gasteiger partial charge on any atom is -0.312 e. The number of piperidine rings is 2. The summed E-state index contributed by atoms with van der Waals surface area (Å²) in [5, 5.41) is 0. The quantitative estimate of drug-likeness (QED) is 0.526. The first kappa shape index (κ1) is 17.8. The third kappa shape index (κ3) is 1.72. The van der Waals surface area contributed by atoms with Crippen molar-refractivity contribution in [2.24, 2.45) is 17.3 Å². The number of likely N-dealkylation sites (tertiary alicyclic amines) is 1. The average molecular weight is 379 g/mol. The largest absolute Gasteiger partial charge is 0.312 e. The lowest BCUT2D eigenvalue weighted by Crippen LogP contribution is -2.83. The number of rotatable bonds is 2. The first-order valence-electron chi connectivity index (χ1n) is 9.23. The van der Waals surface area contributed by atoms with E-state index in [4.69, 9.17) is 0 Å². The Balaban J connectivity index is 1.95. The Labute approximate surface area is 157 Å². The summed E-state index contributed by atoms with van der Waals surface area (Å²) in [5.41, 5.74) is -1.49. The molecule has 0 N–H and O–H groups in total. The summed E-state index contributed by atoms with van der Waals surface area (Å²) in [6.45, 7) is 1.56. The molecule has 1 saturated carbocycles. The molecule has 7 nitrogen and oxygen atoms in total. The van der Waals surface area contributed by atoms with Crippen molar-refractivity contribution in [1.82, 2.24) is 14.7 Å². The lowest BCUT2D eigenvalue weighted by Gasteiger charge is -2.66. The molecule has 1 aliphatic carbocycles. The predicted molar refractivity (Wildman–Crippen MR) is 95.6 cm³/mol. The van der Waals surface area contributed by atoms with Gasteiger partial charge in [0, 0.05) is 20.1 Å². The van der Waals surface area contributed by atoms with Crippen LogP contribution in [0.4, 0.5) is 0 Å². The molecule has 0 aromatic carbocycles. The van der Waals surface area contributed by atoms with Crippen LogP contribution in [0, 0.1) is 17.3 Å². The summed E-state index contributed by atoms with van der Waals surface area (Å²) in [7, 11) is 3.13. The highest BCUT2D eigenvalue weighted by atomic mass is 32.2. The fourth-order valence-corrected chi connectivity index (χ4v) is 6.94. The van der Waals surface area contributed by atoms with Gasteiger partial charge in [-0.05, 0) is 26.0 Å². The number of imide groups is 1. The lowest BCUT2D eigenvalue weighted by molar-refractivity contribution is -0.211. The minimum atomic E-state index is -1.49. The second-order valence-corrected chi connectivity index (χ2v) is 9.10. The Hall–Kier alpha value is -1.57. The molecule has 4 aliphatic heterocycles. The second-order valence-electron chi connectivity index (χ2n) is 8.09. The van der Waals surface area contributed by atoms with E-state index < -0.39 is 28.2 Å². The van der Waals surface area contributed by atoms with Crippen LogP contribution in [0.2, 0.25) is 0 Å². The number of hydrogen-bond donors (Lipinski definition) is 0. The molecule has 0 aromatic heterocycles. The maximum Gasteiger partial charge on any atom is 0.241 e. The topological polar surface area (TPSA) is 78.0 Å². The van der Waals surface area contributed by atoms with Gasteiger partial charge in [-0.1, -0.05) is 19.3 Å². The highest BCUT2D eigenvalue weighted by Gasteiger charge is 2.80. The van der Waals surface area contributed by atoms with Gasteiger partial charge in [0.25, 0.3) is 0 Å². The van der Waals surface area contributed by atoms with E-state index in [2.05, 4.69) is 0 Å². The normalized spacial score (nSPS) is 40.7. The molecule has 4 amide bonds. The van der Waals surface area contributed by atoms with E-state index in [0.29, 0.717) is 0 Å². The maximum absolute atomic E-state index is 13.6. The van der Waals surface area contributed by atoms with E-state index in [1.807, 2.05) is 11.2 Å². The fourth-order valence-electron chi connectivity index (χ4n) is 5.67. The number of fused-ring (bicyclic) bond motifs is 2. The zero-order chi connectivity index (χ0) is 19.0. The van der Waals surface area contributed by atoms with Crippen LogP contribution in [-0.4, -0.2) is 69.7 Å². The summed E-state index contributed by atoms with van der Waals surface area (Å²) >= 11 is 1.34. The monoisotopic (exact) mass is 379 g/mol. The van der Waals surface area contributed by atoms with Gasteiger partial charge in [0.05, 0.1) is 5.92 Å². The molecule has 0 spiro atoms. The van der Waals surface area contributed by atoms with Crippen LogP contribution in [0.15, 0.2) is 0 Å². The van der Waals surface area contributed by atoms with Crippen LogP contribution in [0.5, 0.6) is 0 Å². The van der Waals surface area contributed by atoms with Gasteiger partial charge in [-0.15, -0.1) is 11.8 Å². The van der Waals surface area contributed by atoms with Crippen LogP contribution < -0.4 is 0 Å². The molecule has 5 fully saturated rings. The maximum atomic E-state index is 13.6. The highest BCUT2D eigenvalue weighted by molar-refractivity contribution is 8.00. The van der Waals surface area contributed by atoms with Gasteiger partial charge in [-0.2, -0.15) is 0 Å². The van der Waals surface area contributed by atoms with Crippen LogP contribution >= 0.6 is 11.8 Å². The van der Waals surface area contributed by atoms with Crippen LogP contribution in [0.25, 0.3) is 0 Å². The van der Waals surface area contributed by atoms with Crippen LogP contribution in [-0.2, 0) is 19.2 Å². The van der Waals surface area contributed by atoms with Crippen molar-refractivity contribution >= 4 is 35.4 Å². The van der Waals surface area contributed by atoms with Gasteiger partial charge in [-0.25, -0.2) is 0 Å². The van der Waals surface area contributed by atoms with Crippen molar-refractivity contribution in [1.29, 1.82) is 0 Å². The molecule has 5 aliphatic rings. The standard InChI is InChI=1S/C18H25N3O4S/c1-17-11-12(14(23)19(2)13(11)22)18(26-4,20(3)15(17)24)21(16(17)25)10-8-6-5-7-9-10/h10-12H,5-9H2,1-4H3/t11-,12+,17-,18-/m1/s1. The molecule has 2 bridgehead atoms. The van der Waals surface area contributed by atoms with Gasteiger partial charge in [0.2, 0.25) is 23.6 Å². The fraction of sp³-hybridized carbons (Fsp3) is 0.778. The summed E-state index contributed by atoms with van der Waals surface area (Å²) in [4.78, 5) is 56.1. The molecule has 4 heterocycles. The number of carbonyl (C=O) groups excluding carboxylic acids is 4. The van der Waals surface area contributed by atoms with E-state index in [1.54, 1.807) is 18.9 Å². The molecule has 0 radical (unpaired) electrons. The van der Waals surface area contributed by atoms with Gasteiger partial charge in [0.15, 0.2) is 4.99 Å².